The summed E-state index contributed by atoms with van der Waals surface area (Å²) in [6.07, 6.45) is 4.88. The lowest BCUT2D eigenvalue weighted by Crippen LogP contribution is -2.37. The number of hydrogen-bond donors (Lipinski definition) is 4. The monoisotopic (exact) mass is 402 g/mol. The lowest BCUT2D eigenvalue weighted by Gasteiger charge is -2.21. The summed E-state index contributed by atoms with van der Waals surface area (Å²) in [5, 5.41) is 19.7. The first-order valence-electron chi connectivity index (χ1n) is 10.2. The molecule has 2 aliphatic heterocycles. The summed E-state index contributed by atoms with van der Waals surface area (Å²) in [5.74, 6) is 0. The van der Waals surface area contributed by atoms with Crippen molar-refractivity contribution in [3.63, 3.8) is 0 Å². The Morgan fingerprint density at radius 3 is 2.90 bits per heavy atom. The average Bonchev–Trinajstić information content (AvgIpc) is 3.32. The minimum Gasteiger partial charge on any atom is -0.392 e. The number of aliphatic hydroxyl groups excluding tert-OH is 1. The molecule has 3 heterocycles. The summed E-state index contributed by atoms with van der Waals surface area (Å²) in [6.45, 7) is 3.00. The van der Waals surface area contributed by atoms with Crippen molar-refractivity contribution >= 4 is 11.4 Å². The van der Waals surface area contributed by atoms with E-state index in [-0.39, 0.29) is 12.6 Å². The van der Waals surface area contributed by atoms with Crippen LogP contribution in [0.15, 0.2) is 60.6 Å². The van der Waals surface area contributed by atoms with E-state index in [1.807, 2.05) is 42.3 Å². The molecule has 0 radical (unpaired) electrons. The molecule has 0 saturated carbocycles. The molecule has 0 amide bonds. The van der Waals surface area contributed by atoms with Gasteiger partial charge in [-0.2, -0.15) is 5.10 Å². The molecule has 0 aliphatic carbocycles. The first-order chi connectivity index (χ1) is 14.6. The van der Waals surface area contributed by atoms with Crippen molar-refractivity contribution < 1.29 is 5.11 Å². The van der Waals surface area contributed by atoms with Gasteiger partial charge in [-0.3, -0.25) is 9.69 Å². The summed E-state index contributed by atoms with van der Waals surface area (Å²) < 4.78 is 1.83. The Balaban J connectivity index is 1.60. The molecule has 0 spiro atoms. The molecule has 5 rings (SSSR count). The summed E-state index contributed by atoms with van der Waals surface area (Å²) in [6, 6.07) is 14.8. The summed E-state index contributed by atoms with van der Waals surface area (Å²) in [4.78, 5) is 0. The van der Waals surface area contributed by atoms with Crippen molar-refractivity contribution in [3.8, 4) is 11.1 Å². The SMILES string of the molecule is CC1=C2c3ccc(-c4cnn(C)c4)cc3C(Nc3cccc(CO)c3)CCN2NN1. The number of nitrogens with zero attached hydrogens (tertiary/aromatic N) is 3. The molecule has 7 nitrogen and oxygen atoms in total. The Hall–Kier alpha value is -3.29. The number of benzene rings is 2. The predicted molar refractivity (Wildman–Crippen MR) is 118 cm³/mol. The van der Waals surface area contributed by atoms with Crippen molar-refractivity contribution in [2.45, 2.75) is 26.0 Å². The van der Waals surface area contributed by atoms with Crippen molar-refractivity contribution in [2.75, 3.05) is 11.9 Å². The van der Waals surface area contributed by atoms with E-state index in [4.69, 9.17) is 0 Å². The van der Waals surface area contributed by atoms with Gasteiger partial charge in [-0.25, -0.2) is 0 Å². The van der Waals surface area contributed by atoms with Crippen LogP contribution in [0.5, 0.6) is 0 Å². The van der Waals surface area contributed by atoms with E-state index in [0.29, 0.717) is 0 Å². The number of rotatable bonds is 4. The highest BCUT2D eigenvalue weighted by Crippen LogP contribution is 2.39. The summed E-state index contributed by atoms with van der Waals surface area (Å²) in [7, 11) is 1.94. The largest absolute Gasteiger partial charge is 0.392 e. The van der Waals surface area contributed by atoms with Gasteiger partial charge in [0.15, 0.2) is 0 Å². The fourth-order valence-electron chi connectivity index (χ4n) is 4.32. The van der Waals surface area contributed by atoms with Gasteiger partial charge in [0, 0.05) is 36.6 Å². The summed E-state index contributed by atoms with van der Waals surface area (Å²) >= 11 is 0. The standard InChI is InChI=1S/C23H26N6O/c1-15-23-20-7-6-17(18-12-24-28(2)13-18)11-21(20)22(8-9-29(23)27-26-15)25-19-5-3-4-16(10-19)14-30/h3-7,10-13,22,25-27,30H,8-9,14H2,1-2H3. The zero-order chi connectivity index (χ0) is 20.7. The number of hydrogen-bond acceptors (Lipinski definition) is 6. The van der Waals surface area contributed by atoms with Crippen LogP contribution >= 0.6 is 0 Å². The van der Waals surface area contributed by atoms with E-state index in [1.165, 1.54) is 16.8 Å². The zero-order valence-electron chi connectivity index (χ0n) is 17.2. The van der Waals surface area contributed by atoms with Crippen LogP contribution in [0, 0.1) is 0 Å². The molecule has 0 saturated heterocycles. The van der Waals surface area contributed by atoms with Crippen molar-refractivity contribution in [2.24, 2.45) is 7.05 Å². The highest BCUT2D eigenvalue weighted by atomic mass is 16.3. The number of anilines is 1. The maximum absolute atomic E-state index is 9.51. The number of aryl methyl sites for hydroxylation is 1. The third kappa shape index (κ3) is 3.32. The minimum atomic E-state index is 0.0391. The highest BCUT2D eigenvalue weighted by Gasteiger charge is 2.30. The van der Waals surface area contributed by atoms with Crippen LogP contribution in [0.25, 0.3) is 16.8 Å². The van der Waals surface area contributed by atoms with Gasteiger partial charge in [-0.1, -0.05) is 24.3 Å². The van der Waals surface area contributed by atoms with E-state index in [1.54, 1.807) is 0 Å². The van der Waals surface area contributed by atoms with Crippen molar-refractivity contribution in [1.82, 2.24) is 25.7 Å². The van der Waals surface area contributed by atoms with Gasteiger partial charge in [0.2, 0.25) is 0 Å². The van der Waals surface area contributed by atoms with Crippen LogP contribution in [0.2, 0.25) is 0 Å². The normalized spacial score (nSPS) is 18.0. The molecule has 3 aromatic rings. The van der Waals surface area contributed by atoms with Crippen LogP contribution in [0.3, 0.4) is 0 Å². The van der Waals surface area contributed by atoms with Crippen LogP contribution in [0.1, 0.15) is 36.1 Å². The van der Waals surface area contributed by atoms with E-state index in [9.17, 15) is 5.11 Å². The first kappa shape index (κ1) is 18.7. The Bertz CT molecular complexity index is 1120. The van der Waals surface area contributed by atoms with Crippen molar-refractivity contribution in [1.29, 1.82) is 0 Å². The highest BCUT2D eigenvalue weighted by molar-refractivity contribution is 5.75. The van der Waals surface area contributed by atoms with Gasteiger partial charge in [0.05, 0.1) is 30.2 Å². The maximum Gasteiger partial charge on any atom is 0.0814 e. The molecule has 30 heavy (non-hydrogen) atoms. The van der Waals surface area contributed by atoms with Gasteiger partial charge in [0.1, 0.15) is 0 Å². The third-order valence-electron chi connectivity index (χ3n) is 5.82. The fraction of sp³-hybridized carbons (Fsp3) is 0.261. The van der Waals surface area contributed by atoms with Crippen LogP contribution in [-0.2, 0) is 13.7 Å². The predicted octanol–water partition coefficient (Wildman–Crippen LogP) is 3.15. The van der Waals surface area contributed by atoms with Crippen LogP contribution in [0.4, 0.5) is 5.69 Å². The van der Waals surface area contributed by atoms with Gasteiger partial charge < -0.3 is 15.8 Å². The summed E-state index contributed by atoms with van der Waals surface area (Å²) in [5.41, 5.74) is 15.5. The molecule has 2 aromatic carbocycles. The van der Waals surface area contributed by atoms with Crippen molar-refractivity contribution in [3.05, 3.63) is 77.2 Å². The van der Waals surface area contributed by atoms with E-state index in [2.05, 4.69) is 57.6 Å². The Morgan fingerprint density at radius 1 is 1.20 bits per heavy atom. The average molecular weight is 403 g/mol. The molecular formula is C23H26N6O. The molecule has 4 N–H and O–H groups in total. The van der Waals surface area contributed by atoms with E-state index >= 15 is 0 Å². The molecule has 0 bridgehead atoms. The van der Waals surface area contributed by atoms with Gasteiger partial charge >= 0.3 is 0 Å². The number of allylic oxidation sites excluding steroid dienone is 1. The minimum absolute atomic E-state index is 0.0391. The molecule has 7 heteroatoms. The van der Waals surface area contributed by atoms with E-state index < -0.39 is 0 Å². The molecule has 2 aliphatic rings. The second kappa shape index (κ2) is 7.51. The van der Waals surface area contributed by atoms with Gasteiger partial charge in [-0.15, -0.1) is 5.53 Å². The maximum atomic E-state index is 9.51. The zero-order valence-corrected chi connectivity index (χ0v) is 17.2. The van der Waals surface area contributed by atoms with E-state index in [0.717, 1.165) is 41.0 Å². The smallest absolute Gasteiger partial charge is 0.0814 e. The van der Waals surface area contributed by atoms with Gasteiger partial charge in [0.25, 0.3) is 0 Å². The second-order valence-electron chi connectivity index (χ2n) is 7.91. The molecule has 1 unspecified atom stereocenters. The topological polar surface area (TPSA) is 77.4 Å². The lowest BCUT2D eigenvalue weighted by atomic mass is 9.93. The molecule has 1 atom stereocenters. The Labute approximate surface area is 176 Å². The van der Waals surface area contributed by atoms with Crippen LogP contribution < -0.4 is 16.3 Å². The number of nitrogens with one attached hydrogen (secondary N) is 3. The number of fused-ring (bicyclic) bond motifs is 3. The molecular weight excluding hydrogens is 376 g/mol. The Morgan fingerprint density at radius 2 is 2.10 bits per heavy atom. The molecule has 154 valence electrons. The van der Waals surface area contributed by atoms with Crippen LogP contribution in [-0.4, -0.2) is 26.4 Å². The number of aliphatic hydroxyl groups is 1. The third-order valence-corrected chi connectivity index (χ3v) is 5.82. The second-order valence-corrected chi connectivity index (χ2v) is 7.91. The number of aromatic nitrogens is 2. The van der Waals surface area contributed by atoms with Gasteiger partial charge in [-0.05, 0) is 48.2 Å². The first-order valence-corrected chi connectivity index (χ1v) is 10.2. The molecule has 0 fully saturated rings. The number of hydrazine groups is 2. The molecule has 1 aromatic heterocycles. The lowest BCUT2D eigenvalue weighted by molar-refractivity contribution is 0.280. The quantitative estimate of drug-likeness (QED) is 0.537. The Kier molecular flexibility index (Phi) is 4.69. The fourth-order valence-corrected chi connectivity index (χ4v) is 4.32.